The van der Waals surface area contributed by atoms with Gasteiger partial charge in [0.1, 0.15) is 0 Å². The Labute approximate surface area is 97.0 Å². The fraction of sp³-hybridized carbons (Fsp3) is 0.333. The predicted octanol–water partition coefficient (Wildman–Crippen LogP) is -0.781. The molecule has 0 radical (unpaired) electrons. The van der Waals surface area contributed by atoms with Crippen molar-refractivity contribution in [3.8, 4) is 0 Å². The van der Waals surface area contributed by atoms with E-state index in [1.165, 1.54) is 0 Å². The van der Waals surface area contributed by atoms with E-state index in [0.717, 1.165) is 11.8 Å². The van der Waals surface area contributed by atoms with E-state index in [-0.39, 0.29) is 11.0 Å². The first-order valence-corrected chi connectivity index (χ1v) is 6.15. The van der Waals surface area contributed by atoms with Crippen LogP contribution in [0.2, 0.25) is 0 Å². The first kappa shape index (κ1) is 17.5. The number of benzene rings is 1. The SMILES string of the molecule is [B+2]c1ccc(CCNS(C)(=O)=O)cc1.[OH-].[OH-]. The van der Waals surface area contributed by atoms with Gasteiger partial charge in [0.15, 0.2) is 0 Å². The molecule has 0 amide bonds. The standard InChI is InChI=1S/C9H12BNO2S.2H2O/c1-14(12,13)11-7-6-8-2-4-9(10)5-3-8;;/h2-5,11H,6-7H2,1H3;2*1H2/q+2;;/p-2. The van der Waals surface area contributed by atoms with Crippen molar-refractivity contribution in [2.45, 2.75) is 6.42 Å². The van der Waals surface area contributed by atoms with E-state index in [0.29, 0.717) is 18.4 Å². The summed E-state index contributed by atoms with van der Waals surface area (Å²) in [6, 6.07) is 7.38. The summed E-state index contributed by atoms with van der Waals surface area (Å²) < 4.78 is 23.9. The third-order valence-electron chi connectivity index (χ3n) is 1.76. The summed E-state index contributed by atoms with van der Waals surface area (Å²) in [5.74, 6) is 0. The largest absolute Gasteiger partial charge is 0.870 e. The van der Waals surface area contributed by atoms with Crippen molar-refractivity contribution in [3.05, 3.63) is 29.8 Å². The minimum Gasteiger partial charge on any atom is -0.870 e. The minimum atomic E-state index is -3.08. The zero-order chi connectivity index (χ0) is 10.6. The average molecular weight is 243 g/mol. The smallest absolute Gasteiger partial charge is 0.870 e. The Hall–Kier alpha value is -0.885. The van der Waals surface area contributed by atoms with Crippen LogP contribution in [-0.2, 0) is 16.4 Å². The van der Waals surface area contributed by atoms with Gasteiger partial charge in [-0.15, -0.1) is 0 Å². The van der Waals surface area contributed by atoms with Gasteiger partial charge in [-0.05, 0) is 0 Å². The monoisotopic (exact) mass is 243 g/mol. The maximum atomic E-state index is 10.7. The number of sulfonamides is 1. The van der Waals surface area contributed by atoms with Crippen LogP contribution in [0, 0.1) is 0 Å². The van der Waals surface area contributed by atoms with Gasteiger partial charge < -0.3 is 11.0 Å². The Kier molecular flexibility index (Phi) is 8.10. The molecule has 0 aromatic heterocycles. The van der Waals surface area contributed by atoms with E-state index < -0.39 is 10.0 Å². The molecule has 5 nitrogen and oxygen atoms in total. The Morgan fingerprint density at radius 3 is 2.12 bits per heavy atom. The molecule has 0 aliphatic carbocycles. The Morgan fingerprint density at radius 1 is 1.19 bits per heavy atom. The van der Waals surface area contributed by atoms with Crippen molar-refractivity contribution in [1.29, 1.82) is 0 Å². The van der Waals surface area contributed by atoms with Gasteiger partial charge in [0.05, 0.1) is 0 Å². The second-order valence-corrected chi connectivity index (χ2v) is 4.99. The van der Waals surface area contributed by atoms with E-state index in [9.17, 15) is 8.42 Å². The molecule has 88 valence electrons. The van der Waals surface area contributed by atoms with Gasteiger partial charge in [-0.1, -0.05) is 0 Å². The summed E-state index contributed by atoms with van der Waals surface area (Å²) >= 11 is 0. The summed E-state index contributed by atoms with van der Waals surface area (Å²) in [6.45, 7) is 0.419. The second-order valence-electron chi connectivity index (χ2n) is 3.16. The van der Waals surface area contributed by atoms with Crippen LogP contribution in [0.3, 0.4) is 0 Å². The Balaban J connectivity index is 0. The van der Waals surface area contributed by atoms with Crippen LogP contribution in [0.15, 0.2) is 24.3 Å². The summed E-state index contributed by atoms with van der Waals surface area (Å²) in [6.07, 6.45) is 1.82. The van der Waals surface area contributed by atoms with Crippen LogP contribution >= 0.6 is 0 Å². The maximum absolute atomic E-state index is 10.7. The molecule has 7 heteroatoms. The third kappa shape index (κ3) is 7.41. The van der Waals surface area contributed by atoms with Gasteiger partial charge in [0.25, 0.3) is 0 Å². The van der Waals surface area contributed by atoms with Crippen molar-refractivity contribution >= 4 is 23.3 Å². The van der Waals surface area contributed by atoms with E-state index in [1.807, 2.05) is 12.1 Å². The first-order valence-electron chi connectivity index (χ1n) is 4.26. The maximum Gasteiger partial charge on any atom is -0.870 e. The Morgan fingerprint density at radius 2 is 1.69 bits per heavy atom. The summed E-state index contributed by atoms with van der Waals surface area (Å²) in [5, 5.41) is 0. The van der Waals surface area contributed by atoms with Gasteiger partial charge >= 0.3 is 85.5 Å². The fourth-order valence-corrected chi connectivity index (χ4v) is 1.54. The third-order valence-corrected chi connectivity index (χ3v) is 2.49. The molecule has 1 aromatic carbocycles. The van der Waals surface area contributed by atoms with Crippen LogP contribution < -0.4 is 10.2 Å². The number of rotatable bonds is 4. The number of nitrogens with one attached hydrogen (secondary N) is 1. The molecule has 0 bridgehead atoms. The minimum absolute atomic E-state index is 0. The molecule has 0 atom stereocenters. The summed E-state index contributed by atoms with van der Waals surface area (Å²) in [4.78, 5) is 0. The number of hydrogen-bond acceptors (Lipinski definition) is 4. The molecule has 0 aliphatic heterocycles. The molecule has 3 N–H and O–H groups in total. The predicted molar refractivity (Wildman–Crippen MR) is 62.3 cm³/mol. The molecule has 1 aromatic rings. The molecular weight excluding hydrogens is 229 g/mol. The topological polar surface area (TPSA) is 106 Å². The summed E-state index contributed by atoms with van der Waals surface area (Å²) in [7, 11) is 2.44. The van der Waals surface area contributed by atoms with Crippen molar-refractivity contribution < 1.29 is 19.4 Å². The molecule has 0 spiro atoms. The van der Waals surface area contributed by atoms with Crippen molar-refractivity contribution in [2.75, 3.05) is 12.8 Å². The van der Waals surface area contributed by atoms with E-state index >= 15 is 0 Å². The van der Waals surface area contributed by atoms with Crippen molar-refractivity contribution in [3.63, 3.8) is 0 Å². The molecule has 0 saturated carbocycles. The fourth-order valence-electron chi connectivity index (χ4n) is 1.07. The summed E-state index contributed by atoms with van der Waals surface area (Å²) in [5.41, 5.74) is 1.78. The van der Waals surface area contributed by atoms with Gasteiger partial charge in [0, 0.05) is 0 Å². The molecule has 0 heterocycles. The van der Waals surface area contributed by atoms with Crippen LogP contribution in [-0.4, -0.2) is 40.0 Å². The van der Waals surface area contributed by atoms with Crippen LogP contribution in [0.4, 0.5) is 0 Å². The van der Waals surface area contributed by atoms with E-state index in [1.54, 1.807) is 12.1 Å². The van der Waals surface area contributed by atoms with E-state index in [2.05, 4.69) is 4.72 Å². The first-order chi connectivity index (χ1) is 6.47. The second kappa shape index (κ2) is 7.40. The average Bonchev–Trinajstić information content (AvgIpc) is 2.06. The van der Waals surface area contributed by atoms with Gasteiger partial charge in [0.2, 0.25) is 0 Å². The quantitative estimate of drug-likeness (QED) is 0.700. The van der Waals surface area contributed by atoms with Crippen molar-refractivity contribution in [1.82, 2.24) is 4.72 Å². The van der Waals surface area contributed by atoms with Crippen LogP contribution in [0.1, 0.15) is 5.56 Å². The Bertz CT molecular complexity index is 390. The molecule has 1 rings (SSSR count). The molecular formula is C9H14BNO4S. The number of hydrogen-bond donors (Lipinski definition) is 1. The molecule has 0 saturated heterocycles. The van der Waals surface area contributed by atoms with Gasteiger partial charge in [-0.3, -0.25) is 0 Å². The van der Waals surface area contributed by atoms with Gasteiger partial charge in [-0.25, -0.2) is 0 Å². The molecule has 0 aliphatic rings. The molecule has 16 heavy (non-hydrogen) atoms. The van der Waals surface area contributed by atoms with Crippen LogP contribution in [0.5, 0.6) is 0 Å². The molecule has 0 unspecified atom stereocenters. The van der Waals surface area contributed by atoms with Crippen molar-refractivity contribution in [2.24, 2.45) is 0 Å². The van der Waals surface area contributed by atoms with Gasteiger partial charge in [-0.2, -0.15) is 0 Å². The zero-order valence-electron chi connectivity index (χ0n) is 8.92. The normalized spacial score (nSPS) is 10.2. The zero-order valence-corrected chi connectivity index (χ0v) is 9.74. The van der Waals surface area contributed by atoms with E-state index in [4.69, 9.17) is 7.85 Å². The molecule has 0 fully saturated rings. The van der Waals surface area contributed by atoms with Crippen LogP contribution in [0.25, 0.3) is 0 Å².